The number of hydrogen-bond acceptors (Lipinski definition) is 3. The van der Waals surface area contributed by atoms with E-state index in [-0.39, 0.29) is 5.92 Å². The molecule has 4 nitrogen and oxygen atoms in total. The summed E-state index contributed by atoms with van der Waals surface area (Å²) in [6.45, 7) is 0. The minimum atomic E-state index is -0.630. The quantitative estimate of drug-likeness (QED) is 0.762. The lowest BCUT2D eigenvalue weighted by atomic mass is 9.83. The van der Waals surface area contributed by atoms with Crippen molar-refractivity contribution in [2.24, 2.45) is 5.92 Å². The van der Waals surface area contributed by atoms with Crippen LogP contribution in [0.5, 0.6) is 0 Å². The minimum absolute atomic E-state index is 0.135. The molecule has 2 atom stereocenters. The molecule has 2 saturated carbocycles. The van der Waals surface area contributed by atoms with Gasteiger partial charge in [0, 0.05) is 19.2 Å². The van der Waals surface area contributed by atoms with Gasteiger partial charge in [0.15, 0.2) is 0 Å². The first kappa shape index (κ1) is 11.9. The van der Waals surface area contributed by atoms with Gasteiger partial charge >= 0.3 is 5.97 Å². The number of methoxy groups -OCH3 is 1. The number of nitrogens with one attached hydrogen (secondary N) is 1. The van der Waals surface area contributed by atoms with Crippen LogP contribution in [0.25, 0.3) is 0 Å². The van der Waals surface area contributed by atoms with Crippen molar-refractivity contribution in [3.8, 4) is 0 Å². The second-order valence-electron chi connectivity index (χ2n) is 5.09. The molecule has 92 valence electrons. The number of hydrogen-bond donors (Lipinski definition) is 2. The molecule has 0 saturated heterocycles. The third kappa shape index (κ3) is 2.74. The Kier molecular flexibility index (Phi) is 3.82. The maximum atomic E-state index is 10.9. The maximum absolute atomic E-state index is 10.9. The van der Waals surface area contributed by atoms with Crippen molar-refractivity contribution < 1.29 is 14.6 Å². The summed E-state index contributed by atoms with van der Waals surface area (Å²) in [5.41, 5.74) is 0. The molecule has 0 bridgehead atoms. The SMILES string of the molecule is COC1CC(NC2CCCC(C(=O)O)C2)C1. The second kappa shape index (κ2) is 5.15. The number of carboxylic acid groups (broad SMARTS) is 1. The van der Waals surface area contributed by atoms with E-state index in [9.17, 15) is 4.79 Å². The molecule has 0 spiro atoms. The average Bonchev–Trinajstić information content (AvgIpc) is 2.23. The summed E-state index contributed by atoms with van der Waals surface area (Å²) < 4.78 is 5.23. The first-order chi connectivity index (χ1) is 7.69. The number of aliphatic carboxylic acids is 1. The highest BCUT2D eigenvalue weighted by atomic mass is 16.5. The molecule has 0 aliphatic heterocycles. The highest BCUT2D eigenvalue weighted by Crippen LogP contribution is 2.28. The van der Waals surface area contributed by atoms with Crippen LogP contribution in [0.1, 0.15) is 38.5 Å². The fourth-order valence-corrected chi connectivity index (χ4v) is 2.79. The Balaban J connectivity index is 1.72. The number of rotatable bonds is 4. The lowest BCUT2D eigenvalue weighted by molar-refractivity contribution is -0.143. The van der Waals surface area contributed by atoms with Crippen molar-refractivity contribution in [2.75, 3.05) is 7.11 Å². The van der Waals surface area contributed by atoms with Gasteiger partial charge in [0.25, 0.3) is 0 Å². The molecule has 0 aromatic carbocycles. The van der Waals surface area contributed by atoms with Gasteiger partial charge in [0.1, 0.15) is 0 Å². The summed E-state index contributed by atoms with van der Waals surface area (Å²) in [4.78, 5) is 10.9. The lowest BCUT2D eigenvalue weighted by Crippen LogP contribution is -2.50. The molecule has 0 radical (unpaired) electrons. The fraction of sp³-hybridized carbons (Fsp3) is 0.917. The maximum Gasteiger partial charge on any atom is 0.306 e. The van der Waals surface area contributed by atoms with E-state index in [4.69, 9.17) is 9.84 Å². The van der Waals surface area contributed by atoms with Gasteiger partial charge < -0.3 is 15.2 Å². The van der Waals surface area contributed by atoms with Crippen LogP contribution in [-0.2, 0) is 9.53 Å². The van der Waals surface area contributed by atoms with Gasteiger partial charge in [-0.1, -0.05) is 6.42 Å². The van der Waals surface area contributed by atoms with Gasteiger partial charge in [-0.25, -0.2) is 0 Å². The van der Waals surface area contributed by atoms with Crippen LogP contribution >= 0.6 is 0 Å². The summed E-state index contributed by atoms with van der Waals surface area (Å²) >= 11 is 0. The Morgan fingerprint density at radius 1 is 1.25 bits per heavy atom. The Bertz CT molecular complexity index is 251. The zero-order valence-corrected chi connectivity index (χ0v) is 9.82. The Hall–Kier alpha value is -0.610. The molecular formula is C12H21NO3. The van der Waals surface area contributed by atoms with E-state index >= 15 is 0 Å². The monoisotopic (exact) mass is 227 g/mol. The van der Waals surface area contributed by atoms with Gasteiger partial charge in [0.2, 0.25) is 0 Å². The van der Waals surface area contributed by atoms with Crippen LogP contribution in [0.15, 0.2) is 0 Å². The van der Waals surface area contributed by atoms with Crippen LogP contribution in [0.3, 0.4) is 0 Å². The van der Waals surface area contributed by atoms with Crippen molar-refractivity contribution in [1.29, 1.82) is 0 Å². The van der Waals surface area contributed by atoms with E-state index < -0.39 is 5.97 Å². The van der Waals surface area contributed by atoms with E-state index in [1.165, 1.54) is 0 Å². The molecule has 2 aliphatic rings. The van der Waals surface area contributed by atoms with Crippen LogP contribution < -0.4 is 5.32 Å². The van der Waals surface area contributed by atoms with Gasteiger partial charge in [-0.3, -0.25) is 4.79 Å². The fourth-order valence-electron chi connectivity index (χ4n) is 2.79. The summed E-state index contributed by atoms with van der Waals surface area (Å²) in [5.74, 6) is -0.764. The molecule has 0 amide bonds. The third-order valence-electron chi connectivity index (χ3n) is 3.92. The largest absolute Gasteiger partial charge is 0.481 e. The average molecular weight is 227 g/mol. The Labute approximate surface area is 96.4 Å². The molecule has 2 unspecified atom stereocenters. The minimum Gasteiger partial charge on any atom is -0.481 e. The topological polar surface area (TPSA) is 58.6 Å². The molecule has 16 heavy (non-hydrogen) atoms. The third-order valence-corrected chi connectivity index (χ3v) is 3.92. The van der Waals surface area contributed by atoms with E-state index in [1.54, 1.807) is 7.11 Å². The second-order valence-corrected chi connectivity index (χ2v) is 5.09. The number of ether oxygens (including phenoxy) is 1. The van der Waals surface area contributed by atoms with Gasteiger partial charge in [-0.15, -0.1) is 0 Å². The molecule has 2 aliphatic carbocycles. The molecule has 0 aromatic rings. The van der Waals surface area contributed by atoms with Crippen molar-refractivity contribution >= 4 is 5.97 Å². The van der Waals surface area contributed by atoms with Gasteiger partial charge in [-0.2, -0.15) is 0 Å². The van der Waals surface area contributed by atoms with Gasteiger partial charge in [-0.05, 0) is 32.1 Å². The summed E-state index contributed by atoms with van der Waals surface area (Å²) in [5, 5.41) is 12.6. The summed E-state index contributed by atoms with van der Waals surface area (Å²) in [6.07, 6.45) is 6.36. The predicted octanol–water partition coefficient (Wildman–Crippen LogP) is 1.40. The van der Waals surface area contributed by atoms with E-state index in [0.717, 1.165) is 38.5 Å². The lowest BCUT2D eigenvalue weighted by Gasteiger charge is -2.39. The van der Waals surface area contributed by atoms with E-state index in [1.807, 2.05) is 0 Å². The number of carbonyl (C=O) groups is 1. The molecule has 2 fully saturated rings. The highest BCUT2D eigenvalue weighted by molar-refractivity contribution is 5.70. The Morgan fingerprint density at radius 2 is 2.00 bits per heavy atom. The smallest absolute Gasteiger partial charge is 0.306 e. The van der Waals surface area contributed by atoms with Crippen LogP contribution in [-0.4, -0.2) is 36.4 Å². The van der Waals surface area contributed by atoms with Crippen molar-refractivity contribution in [1.82, 2.24) is 5.32 Å². The number of carboxylic acids is 1. The molecule has 2 N–H and O–H groups in total. The summed E-state index contributed by atoms with van der Waals surface area (Å²) in [6, 6.07) is 0.945. The van der Waals surface area contributed by atoms with Gasteiger partial charge in [0.05, 0.1) is 12.0 Å². The zero-order valence-electron chi connectivity index (χ0n) is 9.82. The first-order valence-corrected chi connectivity index (χ1v) is 6.20. The summed E-state index contributed by atoms with van der Waals surface area (Å²) in [7, 11) is 1.75. The van der Waals surface area contributed by atoms with Crippen LogP contribution in [0, 0.1) is 5.92 Å². The van der Waals surface area contributed by atoms with Crippen molar-refractivity contribution in [3.05, 3.63) is 0 Å². The van der Waals surface area contributed by atoms with Crippen molar-refractivity contribution in [3.63, 3.8) is 0 Å². The van der Waals surface area contributed by atoms with Crippen molar-refractivity contribution in [2.45, 2.75) is 56.7 Å². The molecular weight excluding hydrogens is 206 g/mol. The van der Waals surface area contributed by atoms with E-state index in [2.05, 4.69) is 5.32 Å². The van der Waals surface area contributed by atoms with E-state index in [0.29, 0.717) is 18.2 Å². The molecule has 0 aromatic heterocycles. The molecule has 4 heteroatoms. The first-order valence-electron chi connectivity index (χ1n) is 6.20. The molecule has 2 rings (SSSR count). The van der Waals surface area contributed by atoms with Crippen LogP contribution in [0.2, 0.25) is 0 Å². The standard InChI is InChI=1S/C12H21NO3/c1-16-11-6-10(7-11)13-9-4-2-3-8(5-9)12(14)15/h8-11,13H,2-7H2,1H3,(H,14,15). The zero-order chi connectivity index (χ0) is 11.5. The highest BCUT2D eigenvalue weighted by Gasteiger charge is 2.33. The Morgan fingerprint density at radius 3 is 2.62 bits per heavy atom. The molecule has 0 heterocycles. The van der Waals surface area contributed by atoms with Crippen LogP contribution in [0.4, 0.5) is 0 Å². The normalized spacial score (nSPS) is 39.1. The predicted molar refractivity (Wildman–Crippen MR) is 60.3 cm³/mol.